The Morgan fingerprint density at radius 2 is 1.84 bits per heavy atom. The smallest absolute Gasteiger partial charge is 0.289 e. The van der Waals surface area contributed by atoms with Crippen molar-refractivity contribution in [2.75, 3.05) is 18.9 Å². The molecule has 3 N–H and O–H groups in total. The molecule has 2 saturated carbocycles. The van der Waals surface area contributed by atoms with Crippen molar-refractivity contribution in [3.63, 3.8) is 0 Å². The van der Waals surface area contributed by atoms with Crippen LogP contribution >= 0.6 is 11.6 Å². The molecular weight excluding hydrogens is 432 g/mol. The van der Waals surface area contributed by atoms with Crippen LogP contribution in [0.2, 0.25) is 5.02 Å². The third-order valence-corrected chi connectivity index (χ3v) is 5.63. The van der Waals surface area contributed by atoms with Crippen LogP contribution in [0.15, 0.2) is 18.2 Å². The lowest BCUT2D eigenvalue weighted by Gasteiger charge is -2.12. The lowest BCUT2D eigenvalue weighted by atomic mass is 10.1. The highest BCUT2D eigenvalue weighted by Gasteiger charge is 2.65. The fraction of sp³-hybridized carbons (Fsp3) is 0.524. The van der Waals surface area contributed by atoms with Crippen LogP contribution in [0.25, 0.3) is 0 Å². The fourth-order valence-corrected chi connectivity index (χ4v) is 3.11. The lowest BCUT2D eigenvalue weighted by molar-refractivity contribution is -0.136. The first-order valence-corrected chi connectivity index (χ1v) is 10.3. The second kappa shape index (κ2) is 9.72. The van der Waals surface area contributed by atoms with E-state index in [-0.39, 0.29) is 29.2 Å². The van der Waals surface area contributed by atoms with E-state index >= 15 is 0 Å². The van der Waals surface area contributed by atoms with Crippen molar-refractivity contribution in [2.24, 2.45) is 11.3 Å². The number of Topliss-reactive ketones (excluding diaryl/α,β-unsaturated/α-hetero) is 1. The first kappa shape index (κ1) is 24.7. The number of rotatable bonds is 7. The maximum atomic E-state index is 12.3. The molecule has 7 nitrogen and oxygen atoms in total. The topological polar surface area (TPSA) is 104 Å². The molecule has 170 valence electrons. The summed E-state index contributed by atoms with van der Waals surface area (Å²) in [5, 5.41) is 7.66. The van der Waals surface area contributed by atoms with Gasteiger partial charge in [0, 0.05) is 24.4 Å². The van der Waals surface area contributed by atoms with Crippen molar-refractivity contribution < 1.29 is 28.0 Å². The number of alkyl halides is 2. The summed E-state index contributed by atoms with van der Waals surface area (Å²) in [4.78, 5) is 47.3. The molecule has 3 rings (SSSR count). The highest BCUT2D eigenvalue weighted by atomic mass is 35.5. The van der Waals surface area contributed by atoms with Crippen molar-refractivity contribution in [3.8, 4) is 0 Å². The van der Waals surface area contributed by atoms with Crippen molar-refractivity contribution in [1.82, 2.24) is 10.6 Å². The average Bonchev–Trinajstić information content (AvgIpc) is 3.65. The molecule has 31 heavy (non-hydrogen) atoms. The van der Waals surface area contributed by atoms with Gasteiger partial charge in [-0.25, -0.2) is 8.78 Å². The number of carbonyl (C=O) groups is 4. The number of ketones is 1. The fourth-order valence-electron chi connectivity index (χ4n) is 2.94. The Bertz CT molecular complexity index is 882. The zero-order chi connectivity index (χ0) is 23.4. The van der Waals surface area contributed by atoms with Crippen LogP contribution in [0.3, 0.4) is 0 Å². The van der Waals surface area contributed by atoms with Crippen LogP contribution in [0, 0.1) is 11.3 Å². The molecule has 0 bridgehead atoms. The third-order valence-electron chi connectivity index (χ3n) is 5.39. The molecule has 3 amide bonds. The van der Waals surface area contributed by atoms with E-state index in [9.17, 15) is 28.0 Å². The van der Waals surface area contributed by atoms with E-state index < -0.39 is 30.1 Å². The third kappa shape index (κ3) is 6.99. The predicted octanol–water partition coefficient (Wildman–Crippen LogP) is 3.18. The molecule has 1 atom stereocenters. The molecule has 10 heteroatoms. The molecule has 1 unspecified atom stereocenters. The van der Waals surface area contributed by atoms with E-state index in [0.717, 1.165) is 26.2 Å². The summed E-state index contributed by atoms with van der Waals surface area (Å²) in [7, 11) is 1.33. The molecule has 0 aromatic heterocycles. The van der Waals surface area contributed by atoms with Crippen molar-refractivity contribution in [1.29, 1.82) is 0 Å². The molecule has 2 aliphatic rings. The number of carbonyl (C=O) groups excluding carboxylic acids is 4. The van der Waals surface area contributed by atoms with E-state index in [2.05, 4.69) is 16.0 Å². The highest BCUT2D eigenvalue weighted by Crippen LogP contribution is 2.70. The van der Waals surface area contributed by atoms with Gasteiger partial charge in [-0.3, -0.25) is 19.2 Å². The van der Waals surface area contributed by atoms with Gasteiger partial charge in [0.05, 0.1) is 17.8 Å². The number of halogens is 3. The number of nitrogens with one attached hydrogen (secondary N) is 3. The Hall–Kier alpha value is -2.55. The minimum absolute atomic E-state index is 0.00826. The van der Waals surface area contributed by atoms with Gasteiger partial charge >= 0.3 is 0 Å². The van der Waals surface area contributed by atoms with Crippen LogP contribution in [0.4, 0.5) is 14.5 Å². The zero-order valence-electron chi connectivity index (χ0n) is 17.6. The molecule has 0 saturated heterocycles. The van der Waals surface area contributed by atoms with Gasteiger partial charge in [0.1, 0.15) is 0 Å². The van der Waals surface area contributed by atoms with Crippen molar-refractivity contribution >= 4 is 40.8 Å². The first-order valence-electron chi connectivity index (χ1n) is 9.94. The quantitative estimate of drug-likeness (QED) is 0.547. The number of hydrogen-bond acceptors (Lipinski definition) is 4. The Kier molecular flexibility index (Phi) is 7.75. The van der Waals surface area contributed by atoms with Gasteiger partial charge in [-0.05, 0) is 49.8 Å². The summed E-state index contributed by atoms with van der Waals surface area (Å²) in [6, 6.07) is 4.54. The minimum atomic E-state index is -2.46. The first-order chi connectivity index (χ1) is 14.4. The van der Waals surface area contributed by atoms with Gasteiger partial charge in [0.15, 0.2) is 0 Å². The van der Waals surface area contributed by atoms with Gasteiger partial charge in [-0.2, -0.15) is 0 Å². The summed E-state index contributed by atoms with van der Waals surface area (Å²) >= 11 is 5.94. The summed E-state index contributed by atoms with van der Waals surface area (Å²) < 4.78 is 22.9. The van der Waals surface area contributed by atoms with Gasteiger partial charge in [0.25, 0.3) is 11.8 Å². The van der Waals surface area contributed by atoms with Crippen LogP contribution in [0.5, 0.6) is 0 Å². The molecule has 2 aliphatic carbocycles. The molecular formula is C21H26ClF2N3O4. The van der Waals surface area contributed by atoms with Crippen molar-refractivity contribution in [2.45, 2.75) is 45.5 Å². The lowest BCUT2D eigenvalue weighted by Crippen LogP contribution is -2.38. The van der Waals surface area contributed by atoms with Gasteiger partial charge in [-0.1, -0.05) is 18.5 Å². The standard InChI is InChI=1S/C17H18ClN3O4.C4H8F2/c1-19-16(25)13(22)8-20-14(23)10-6-9(18)2-3-12(10)21-15(24)11-7-17(11)4-5-17;1-3-4(2,5)6/h2-3,6,11H,4-5,7-8H2,1H3,(H,19,25)(H,20,23)(H,21,24);3H2,1-2H3. The van der Waals surface area contributed by atoms with Gasteiger partial charge in [-0.15, -0.1) is 0 Å². The molecule has 1 spiro atoms. The van der Waals surface area contributed by atoms with Crippen LogP contribution in [-0.2, 0) is 14.4 Å². The molecule has 0 radical (unpaired) electrons. The molecule has 1 aromatic rings. The number of anilines is 1. The molecule has 0 heterocycles. The van der Waals surface area contributed by atoms with E-state index in [1.807, 2.05) is 0 Å². The molecule has 2 fully saturated rings. The van der Waals surface area contributed by atoms with Crippen LogP contribution in [-0.4, -0.2) is 43.0 Å². The Morgan fingerprint density at radius 3 is 2.32 bits per heavy atom. The number of benzene rings is 1. The predicted molar refractivity (Wildman–Crippen MR) is 112 cm³/mol. The highest BCUT2D eigenvalue weighted by molar-refractivity contribution is 6.37. The maximum Gasteiger partial charge on any atom is 0.289 e. The van der Waals surface area contributed by atoms with Gasteiger partial charge < -0.3 is 16.0 Å². The maximum absolute atomic E-state index is 12.3. The molecule has 1 aromatic carbocycles. The monoisotopic (exact) mass is 457 g/mol. The number of hydrogen-bond donors (Lipinski definition) is 3. The normalized spacial score (nSPS) is 17.7. The SMILES string of the molecule is CCC(C)(F)F.CNC(=O)C(=O)CNC(=O)c1cc(Cl)ccc1NC(=O)C1CC12CC2. The second-order valence-electron chi connectivity index (χ2n) is 7.91. The van der Waals surface area contributed by atoms with Crippen molar-refractivity contribution in [3.05, 3.63) is 28.8 Å². The summed E-state index contributed by atoms with van der Waals surface area (Å²) in [5.74, 6) is -4.70. The second-order valence-corrected chi connectivity index (χ2v) is 8.34. The Labute approximate surface area is 184 Å². The van der Waals surface area contributed by atoms with Crippen LogP contribution < -0.4 is 16.0 Å². The zero-order valence-corrected chi connectivity index (χ0v) is 18.4. The van der Waals surface area contributed by atoms with E-state index in [1.165, 1.54) is 20.0 Å². The van der Waals surface area contributed by atoms with E-state index in [1.54, 1.807) is 12.1 Å². The summed E-state index contributed by atoms with van der Waals surface area (Å²) in [5.41, 5.74) is 0.692. The molecule has 0 aliphatic heterocycles. The minimum Gasteiger partial charge on any atom is -0.353 e. The van der Waals surface area contributed by atoms with E-state index in [0.29, 0.717) is 10.7 Å². The summed E-state index contributed by atoms with van der Waals surface area (Å²) in [6.07, 6.45) is 3.00. The summed E-state index contributed by atoms with van der Waals surface area (Å²) in [6.45, 7) is 1.93. The Morgan fingerprint density at radius 1 is 1.23 bits per heavy atom. The van der Waals surface area contributed by atoms with Gasteiger partial charge in [0.2, 0.25) is 17.6 Å². The largest absolute Gasteiger partial charge is 0.353 e. The van der Waals surface area contributed by atoms with Crippen LogP contribution in [0.1, 0.15) is 49.9 Å². The number of amides is 3. The van der Waals surface area contributed by atoms with E-state index in [4.69, 9.17) is 11.6 Å². The Balaban J connectivity index is 0.000000501. The average molecular weight is 458 g/mol. The number of likely N-dealkylation sites (N-methyl/N-ethyl adjacent to an activating group) is 1.